The Labute approximate surface area is 148 Å². The average Bonchev–Trinajstić information content (AvgIpc) is 2.68. The van der Waals surface area contributed by atoms with Crippen molar-refractivity contribution in [2.45, 2.75) is 12.1 Å². The first-order chi connectivity index (χ1) is 12.1. The van der Waals surface area contributed by atoms with Crippen LogP contribution in [0.15, 0.2) is 60.7 Å². The van der Waals surface area contributed by atoms with Crippen LogP contribution in [0.3, 0.4) is 0 Å². The first-order valence-electron chi connectivity index (χ1n) is 8.28. The lowest BCUT2D eigenvalue weighted by Gasteiger charge is -2.31. The van der Waals surface area contributed by atoms with Gasteiger partial charge in [0.2, 0.25) is 0 Å². The molecular weight excluding hydrogens is 338 g/mol. The van der Waals surface area contributed by atoms with Crippen molar-refractivity contribution in [3.8, 4) is 0 Å². The minimum atomic E-state index is -3.66. The van der Waals surface area contributed by atoms with E-state index in [2.05, 4.69) is 4.72 Å². The minimum absolute atomic E-state index is 0.345. The van der Waals surface area contributed by atoms with Crippen LogP contribution in [0.2, 0.25) is 0 Å². The second kappa shape index (κ2) is 8.07. The fraction of sp³-hybridized carbons (Fsp3) is 0.333. The molecule has 0 saturated carbocycles. The Balaban J connectivity index is 1.89. The van der Waals surface area contributed by atoms with E-state index in [9.17, 15) is 8.42 Å². The average molecular weight is 361 g/mol. The van der Waals surface area contributed by atoms with E-state index >= 15 is 0 Å². The number of hydrogen-bond acceptors (Lipinski definition) is 4. The van der Waals surface area contributed by atoms with Crippen molar-refractivity contribution in [1.82, 2.24) is 9.03 Å². The van der Waals surface area contributed by atoms with Gasteiger partial charge in [0.1, 0.15) is 0 Å². The molecule has 0 radical (unpaired) electrons. The molecule has 2 atom stereocenters. The lowest BCUT2D eigenvalue weighted by Crippen LogP contribution is -2.49. The summed E-state index contributed by atoms with van der Waals surface area (Å²) in [6, 6.07) is 17.9. The zero-order valence-electron chi connectivity index (χ0n) is 13.9. The molecule has 134 valence electrons. The summed E-state index contributed by atoms with van der Waals surface area (Å²) in [4.78, 5) is 0. The van der Waals surface area contributed by atoms with Gasteiger partial charge in [0.05, 0.1) is 25.3 Å². The summed E-state index contributed by atoms with van der Waals surface area (Å²) in [5, 5.41) is 0. The summed E-state index contributed by atoms with van der Waals surface area (Å²) in [6.07, 6.45) is 0. The van der Waals surface area contributed by atoms with Crippen molar-refractivity contribution in [2.75, 3.05) is 26.3 Å². The van der Waals surface area contributed by atoms with Gasteiger partial charge in [-0.2, -0.15) is 17.4 Å². The SMILES string of the molecule is N[C@@H](c1ccccc1)[C@@H](NS(=O)(=O)N1CCOCC1)c1ccccc1. The number of ether oxygens (including phenoxy) is 1. The molecule has 1 aliphatic heterocycles. The molecule has 0 amide bonds. The molecule has 2 aromatic carbocycles. The lowest BCUT2D eigenvalue weighted by atomic mass is 9.95. The Hall–Kier alpha value is -1.77. The van der Waals surface area contributed by atoms with Crippen LogP contribution in [0.25, 0.3) is 0 Å². The molecule has 7 heteroatoms. The van der Waals surface area contributed by atoms with Crippen molar-refractivity contribution < 1.29 is 13.2 Å². The maximum absolute atomic E-state index is 12.8. The zero-order chi connectivity index (χ0) is 17.7. The fourth-order valence-electron chi connectivity index (χ4n) is 2.90. The molecule has 0 unspecified atom stereocenters. The van der Waals surface area contributed by atoms with Crippen molar-refractivity contribution in [2.24, 2.45) is 5.73 Å². The molecule has 6 nitrogen and oxygen atoms in total. The molecule has 3 N–H and O–H groups in total. The number of benzene rings is 2. The molecule has 0 spiro atoms. The van der Waals surface area contributed by atoms with Crippen LogP contribution in [-0.4, -0.2) is 39.0 Å². The maximum atomic E-state index is 12.8. The summed E-state index contributed by atoms with van der Waals surface area (Å²) in [6.45, 7) is 1.50. The number of rotatable bonds is 6. The van der Waals surface area contributed by atoms with E-state index in [1.807, 2.05) is 60.7 Å². The van der Waals surface area contributed by atoms with Gasteiger partial charge in [0.25, 0.3) is 10.2 Å². The predicted octanol–water partition coefficient (Wildman–Crippen LogP) is 1.59. The largest absolute Gasteiger partial charge is 0.379 e. The number of morpholine rings is 1. The molecule has 0 aliphatic carbocycles. The molecule has 1 fully saturated rings. The van der Waals surface area contributed by atoms with Crippen molar-refractivity contribution in [1.29, 1.82) is 0 Å². The van der Waals surface area contributed by atoms with Crippen LogP contribution in [0, 0.1) is 0 Å². The minimum Gasteiger partial charge on any atom is -0.379 e. The molecule has 0 aromatic heterocycles. The van der Waals surface area contributed by atoms with Crippen LogP contribution in [0.1, 0.15) is 23.2 Å². The second-order valence-corrected chi connectivity index (χ2v) is 7.66. The van der Waals surface area contributed by atoms with Crippen molar-refractivity contribution >= 4 is 10.2 Å². The van der Waals surface area contributed by atoms with Crippen LogP contribution in [-0.2, 0) is 14.9 Å². The van der Waals surface area contributed by atoms with E-state index in [0.717, 1.165) is 11.1 Å². The molecule has 25 heavy (non-hydrogen) atoms. The van der Waals surface area contributed by atoms with E-state index in [0.29, 0.717) is 26.3 Å². The van der Waals surface area contributed by atoms with Gasteiger partial charge in [0, 0.05) is 13.1 Å². The molecule has 2 aromatic rings. The Bertz CT molecular complexity index is 763. The van der Waals surface area contributed by atoms with Crippen molar-refractivity contribution in [3.05, 3.63) is 71.8 Å². The summed E-state index contributed by atoms with van der Waals surface area (Å²) in [7, 11) is -3.66. The smallest absolute Gasteiger partial charge is 0.280 e. The van der Waals surface area contributed by atoms with E-state index in [-0.39, 0.29) is 0 Å². The molecule has 3 rings (SSSR count). The van der Waals surface area contributed by atoms with E-state index in [1.54, 1.807) is 0 Å². The summed E-state index contributed by atoms with van der Waals surface area (Å²) in [5.74, 6) is 0. The Morgan fingerprint density at radius 1 is 0.920 bits per heavy atom. The van der Waals surface area contributed by atoms with E-state index < -0.39 is 22.3 Å². The second-order valence-electron chi connectivity index (χ2n) is 5.96. The molecule has 1 heterocycles. The van der Waals surface area contributed by atoms with Crippen LogP contribution in [0.4, 0.5) is 0 Å². The van der Waals surface area contributed by atoms with Gasteiger partial charge in [-0.05, 0) is 11.1 Å². The van der Waals surface area contributed by atoms with Crippen molar-refractivity contribution in [3.63, 3.8) is 0 Å². The Morgan fingerprint density at radius 3 is 2.00 bits per heavy atom. The standard InChI is InChI=1S/C18H23N3O3S/c19-17(15-7-3-1-4-8-15)18(16-9-5-2-6-10-16)20-25(22,23)21-11-13-24-14-12-21/h1-10,17-18,20H,11-14,19H2/t17-,18-/m0/s1. The lowest BCUT2D eigenvalue weighted by molar-refractivity contribution is 0.0722. The number of nitrogens with one attached hydrogen (secondary N) is 1. The Kier molecular flexibility index (Phi) is 5.82. The van der Waals surface area contributed by atoms with Gasteiger partial charge < -0.3 is 10.5 Å². The van der Waals surface area contributed by atoms with Gasteiger partial charge in [-0.1, -0.05) is 60.7 Å². The van der Waals surface area contributed by atoms with Gasteiger partial charge >= 0.3 is 0 Å². The fourth-order valence-corrected chi connectivity index (χ4v) is 4.28. The highest BCUT2D eigenvalue weighted by Crippen LogP contribution is 2.28. The first kappa shape index (κ1) is 18.0. The molecule has 1 aliphatic rings. The maximum Gasteiger partial charge on any atom is 0.280 e. The summed E-state index contributed by atoms with van der Waals surface area (Å²) >= 11 is 0. The Morgan fingerprint density at radius 2 is 1.44 bits per heavy atom. The highest BCUT2D eigenvalue weighted by Gasteiger charge is 2.31. The third-order valence-corrected chi connectivity index (χ3v) is 5.88. The first-order valence-corrected chi connectivity index (χ1v) is 9.72. The molecular formula is C18H23N3O3S. The van der Waals surface area contributed by atoms with Crippen LogP contribution < -0.4 is 10.5 Å². The molecule has 1 saturated heterocycles. The summed E-state index contributed by atoms with van der Waals surface area (Å²) in [5.41, 5.74) is 8.14. The highest BCUT2D eigenvalue weighted by atomic mass is 32.2. The normalized spacial score (nSPS) is 18.6. The van der Waals surface area contributed by atoms with E-state index in [1.165, 1.54) is 4.31 Å². The monoisotopic (exact) mass is 361 g/mol. The topological polar surface area (TPSA) is 84.7 Å². The van der Waals surface area contributed by atoms with Gasteiger partial charge in [-0.15, -0.1) is 0 Å². The van der Waals surface area contributed by atoms with Gasteiger partial charge in [-0.3, -0.25) is 0 Å². The van der Waals surface area contributed by atoms with Gasteiger partial charge in [0.15, 0.2) is 0 Å². The van der Waals surface area contributed by atoms with E-state index in [4.69, 9.17) is 10.5 Å². The zero-order valence-corrected chi connectivity index (χ0v) is 14.7. The van der Waals surface area contributed by atoms with Crippen LogP contribution >= 0.6 is 0 Å². The molecule has 0 bridgehead atoms. The summed E-state index contributed by atoms with van der Waals surface area (Å²) < 4.78 is 35.1. The highest BCUT2D eigenvalue weighted by molar-refractivity contribution is 7.87. The van der Waals surface area contributed by atoms with Gasteiger partial charge in [-0.25, -0.2) is 0 Å². The third-order valence-electron chi connectivity index (χ3n) is 4.29. The van der Waals surface area contributed by atoms with Crippen LogP contribution in [0.5, 0.6) is 0 Å². The number of nitrogens with two attached hydrogens (primary N) is 1. The quantitative estimate of drug-likeness (QED) is 0.818. The third kappa shape index (κ3) is 4.45. The predicted molar refractivity (Wildman–Crippen MR) is 97.0 cm³/mol. The number of nitrogens with zero attached hydrogens (tertiary/aromatic N) is 1. The number of hydrogen-bond donors (Lipinski definition) is 2.